The van der Waals surface area contributed by atoms with E-state index in [1.54, 1.807) is 0 Å². The van der Waals surface area contributed by atoms with E-state index in [2.05, 4.69) is 6.92 Å². The number of ketones is 1. The predicted octanol–water partition coefficient (Wildman–Crippen LogP) is 1.12. The SMILES string of the molecule is CCC1COC2CC(=O)CC1O2. The van der Waals surface area contributed by atoms with Crippen LogP contribution < -0.4 is 0 Å². The van der Waals surface area contributed by atoms with Crippen LogP contribution in [0, 0.1) is 5.92 Å². The van der Waals surface area contributed by atoms with E-state index in [0.717, 1.165) is 13.0 Å². The second kappa shape index (κ2) is 3.15. The molecule has 0 spiro atoms. The summed E-state index contributed by atoms with van der Waals surface area (Å²) in [6, 6.07) is 0. The molecule has 0 aromatic rings. The Kier molecular flexibility index (Phi) is 2.15. The number of rotatable bonds is 1. The van der Waals surface area contributed by atoms with Gasteiger partial charge < -0.3 is 9.47 Å². The maximum atomic E-state index is 11.2. The van der Waals surface area contributed by atoms with Crippen molar-refractivity contribution in [2.75, 3.05) is 6.61 Å². The number of hydrogen-bond acceptors (Lipinski definition) is 3. The number of ether oxygens (including phenoxy) is 2. The molecule has 2 fully saturated rings. The summed E-state index contributed by atoms with van der Waals surface area (Å²) in [6.07, 6.45) is 1.98. The van der Waals surface area contributed by atoms with Crippen molar-refractivity contribution >= 4 is 5.78 Å². The topological polar surface area (TPSA) is 35.5 Å². The molecule has 0 saturated carbocycles. The summed E-state index contributed by atoms with van der Waals surface area (Å²) in [4.78, 5) is 11.2. The first-order valence-electron chi connectivity index (χ1n) is 4.58. The monoisotopic (exact) mass is 170 g/mol. The Morgan fingerprint density at radius 1 is 1.50 bits per heavy atom. The number of hydrogen-bond donors (Lipinski definition) is 0. The zero-order valence-corrected chi connectivity index (χ0v) is 7.29. The van der Waals surface area contributed by atoms with E-state index < -0.39 is 0 Å². The van der Waals surface area contributed by atoms with Crippen LogP contribution in [0.2, 0.25) is 0 Å². The zero-order valence-electron chi connectivity index (χ0n) is 7.29. The quantitative estimate of drug-likeness (QED) is 0.591. The molecular formula is C9H14O3. The molecule has 0 radical (unpaired) electrons. The molecule has 2 rings (SSSR count). The molecule has 3 atom stereocenters. The van der Waals surface area contributed by atoms with Gasteiger partial charge in [-0.05, 0) is 6.42 Å². The standard InChI is InChI=1S/C9H14O3/c1-2-6-5-11-9-4-7(10)3-8(6)12-9/h6,8-9H,2-5H2,1H3. The van der Waals surface area contributed by atoms with E-state index in [1.807, 2.05) is 0 Å². The van der Waals surface area contributed by atoms with Gasteiger partial charge in [-0.3, -0.25) is 4.79 Å². The Morgan fingerprint density at radius 2 is 2.33 bits per heavy atom. The minimum Gasteiger partial charge on any atom is -0.352 e. The first-order chi connectivity index (χ1) is 5.79. The molecule has 0 amide bonds. The predicted molar refractivity (Wildman–Crippen MR) is 42.6 cm³/mol. The van der Waals surface area contributed by atoms with Crippen LogP contribution in [0.3, 0.4) is 0 Å². The van der Waals surface area contributed by atoms with Crippen LogP contribution in [0.15, 0.2) is 0 Å². The van der Waals surface area contributed by atoms with Crippen molar-refractivity contribution in [2.24, 2.45) is 5.92 Å². The van der Waals surface area contributed by atoms with Crippen molar-refractivity contribution < 1.29 is 14.3 Å². The summed E-state index contributed by atoms with van der Waals surface area (Å²) < 4.78 is 10.9. The van der Waals surface area contributed by atoms with Crippen LogP contribution in [-0.2, 0) is 14.3 Å². The van der Waals surface area contributed by atoms with Gasteiger partial charge in [0.05, 0.1) is 19.1 Å². The van der Waals surface area contributed by atoms with E-state index in [0.29, 0.717) is 18.8 Å². The highest BCUT2D eigenvalue weighted by Gasteiger charge is 2.37. The van der Waals surface area contributed by atoms with Crippen LogP contribution in [0.5, 0.6) is 0 Å². The van der Waals surface area contributed by atoms with Gasteiger partial charge in [-0.1, -0.05) is 6.92 Å². The van der Waals surface area contributed by atoms with Crippen LogP contribution in [-0.4, -0.2) is 24.8 Å². The van der Waals surface area contributed by atoms with Gasteiger partial charge in [0, 0.05) is 12.3 Å². The normalized spacial score (nSPS) is 41.4. The molecule has 2 bridgehead atoms. The van der Waals surface area contributed by atoms with Gasteiger partial charge >= 0.3 is 0 Å². The van der Waals surface area contributed by atoms with Gasteiger partial charge in [0.2, 0.25) is 0 Å². The molecule has 2 aliphatic rings. The van der Waals surface area contributed by atoms with Gasteiger partial charge in [-0.25, -0.2) is 0 Å². The second-order valence-corrected chi connectivity index (χ2v) is 3.55. The number of fused-ring (bicyclic) bond motifs is 2. The summed E-state index contributed by atoms with van der Waals surface area (Å²) >= 11 is 0. The van der Waals surface area contributed by atoms with Crippen LogP contribution >= 0.6 is 0 Å². The van der Waals surface area contributed by atoms with Gasteiger partial charge in [0.25, 0.3) is 0 Å². The van der Waals surface area contributed by atoms with Gasteiger partial charge in [0.1, 0.15) is 5.78 Å². The van der Waals surface area contributed by atoms with Crippen molar-refractivity contribution in [1.82, 2.24) is 0 Å². The van der Waals surface area contributed by atoms with Crippen molar-refractivity contribution in [1.29, 1.82) is 0 Å². The molecule has 2 aliphatic heterocycles. The molecule has 3 heteroatoms. The molecule has 12 heavy (non-hydrogen) atoms. The highest BCUT2D eigenvalue weighted by Crippen LogP contribution is 2.29. The molecule has 3 nitrogen and oxygen atoms in total. The Labute approximate surface area is 72.0 Å². The Hall–Kier alpha value is -0.410. The van der Waals surface area contributed by atoms with E-state index in [9.17, 15) is 4.79 Å². The van der Waals surface area contributed by atoms with Crippen LogP contribution in [0.4, 0.5) is 0 Å². The number of Topliss-reactive ketones (excluding diaryl/α,β-unsaturated/α-hetero) is 1. The summed E-state index contributed by atoms with van der Waals surface area (Å²) in [5, 5.41) is 0. The van der Waals surface area contributed by atoms with E-state index in [1.165, 1.54) is 0 Å². The van der Waals surface area contributed by atoms with Crippen molar-refractivity contribution in [3.05, 3.63) is 0 Å². The largest absolute Gasteiger partial charge is 0.352 e. The Balaban J connectivity index is 2.04. The van der Waals surface area contributed by atoms with Gasteiger partial charge in [0.15, 0.2) is 6.29 Å². The minimum absolute atomic E-state index is 0.134. The lowest BCUT2D eigenvalue weighted by molar-refractivity contribution is -0.249. The fourth-order valence-electron chi connectivity index (χ4n) is 1.88. The van der Waals surface area contributed by atoms with E-state index in [-0.39, 0.29) is 18.2 Å². The average Bonchev–Trinajstić information content (AvgIpc) is 2.04. The first-order valence-corrected chi connectivity index (χ1v) is 4.58. The first kappa shape index (κ1) is 8.20. The molecule has 0 aliphatic carbocycles. The molecule has 0 aromatic carbocycles. The summed E-state index contributed by atoms with van der Waals surface area (Å²) in [7, 11) is 0. The van der Waals surface area contributed by atoms with E-state index in [4.69, 9.17) is 9.47 Å². The molecule has 0 aromatic heterocycles. The molecule has 2 saturated heterocycles. The average molecular weight is 170 g/mol. The molecular weight excluding hydrogens is 156 g/mol. The molecule has 2 heterocycles. The van der Waals surface area contributed by atoms with E-state index >= 15 is 0 Å². The second-order valence-electron chi connectivity index (χ2n) is 3.55. The zero-order chi connectivity index (χ0) is 8.55. The Bertz CT molecular complexity index is 190. The molecule has 0 N–H and O–H groups in total. The highest BCUT2D eigenvalue weighted by molar-refractivity contribution is 5.80. The van der Waals surface area contributed by atoms with Crippen molar-refractivity contribution in [3.8, 4) is 0 Å². The minimum atomic E-state index is -0.237. The molecule has 68 valence electrons. The van der Waals surface area contributed by atoms with Gasteiger partial charge in [-0.15, -0.1) is 0 Å². The maximum absolute atomic E-state index is 11.2. The third-order valence-electron chi connectivity index (χ3n) is 2.70. The summed E-state index contributed by atoms with van der Waals surface area (Å²) in [5.74, 6) is 0.708. The summed E-state index contributed by atoms with van der Waals surface area (Å²) in [5.41, 5.74) is 0. The smallest absolute Gasteiger partial charge is 0.164 e. The van der Waals surface area contributed by atoms with Gasteiger partial charge in [-0.2, -0.15) is 0 Å². The van der Waals surface area contributed by atoms with Crippen molar-refractivity contribution in [2.45, 2.75) is 38.6 Å². The molecule has 3 unspecified atom stereocenters. The fourth-order valence-corrected chi connectivity index (χ4v) is 1.88. The highest BCUT2D eigenvalue weighted by atomic mass is 16.7. The lowest BCUT2D eigenvalue weighted by Gasteiger charge is -2.39. The van der Waals surface area contributed by atoms with Crippen molar-refractivity contribution in [3.63, 3.8) is 0 Å². The van der Waals surface area contributed by atoms with Crippen LogP contribution in [0.25, 0.3) is 0 Å². The van der Waals surface area contributed by atoms with Crippen LogP contribution in [0.1, 0.15) is 26.2 Å². The lowest BCUT2D eigenvalue weighted by Crippen LogP contribution is -2.45. The number of carbonyl (C=O) groups is 1. The summed E-state index contributed by atoms with van der Waals surface area (Å²) in [6.45, 7) is 2.87. The lowest BCUT2D eigenvalue weighted by atomic mass is 9.91. The maximum Gasteiger partial charge on any atom is 0.164 e. The Morgan fingerprint density at radius 3 is 3.08 bits per heavy atom. The fraction of sp³-hybridized carbons (Fsp3) is 0.889. The third-order valence-corrected chi connectivity index (χ3v) is 2.70. The third kappa shape index (κ3) is 1.39. The number of carbonyl (C=O) groups excluding carboxylic acids is 1.